The average Bonchev–Trinajstić information content (AvgIpc) is 2.49. The number of aromatic nitrogens is 1. The van der Waals surface area contributed by atoms with Crippen LogP contribution in [0.4, 0.5) is 0 Å². The highest BCUT2D eigenvalue weighted by Crippen LogP contribution is 2.28. The fraction of sp³-hybridized carbons (Fsp3) is 0.700. The molecule has 0 aliphatic heterocycles. The molecule has 0 bridgehead atoms. The highest BCUT2D eigenvalue weighted by Gasteiger charge is 2.15. The lowest BCUT2D eigenvalue weighted by Gasteiger charge is -2.03. The van der Waals surface area contributed by atoms with Gasteiger partial charge in [0.1, 0.15) is 0 Å². The molecule has 4 heteroatoms. The summed E-state index contributed by atoms with van der Waals surface area (Å²) in [6.07, 6.45) is 0. The first-order valence-corrected chi connectivity index (χ1v) is 5.62. The van der Waals surface area contributed by atoms with Crippen LogP contribution in [0.15, 0.2) is 0 Å². The van der Waals surface area contributed by atoms with Crippen molar-refractivity contribution in [3.8, 4) is 0 Å². The first kappa shape index (κ1) is 11.6. The van der Waals surface area contributed by atoms with Gasteiger partial charge in [-0.1, -0.05) is 13.8 Å². The van der Waals surface area contributed by atoms with E-state index in [1.165, 1.54) is 0 Å². The van der Waals surface area contributed by atoms with Gasteiger partial charge < -0.3 is 10.5 Å². The molecule has 0 spiro atoms. The van der Waals surface area contributed by atoms with Crippen molar-refractivity contribution in [2.24, 2.45) is 5.73 Å². The minimum Gasteiger partial charge on any atom is -0.378 e. The Kier molecular flexibility index (Phi) is 4.04. The van der Waals surface area contributed by atoms with E-state index in [1.54, 1.807) is 18.4 Å². The van der Waals surface area contributed by atoms with Gasteiger partial charge >= 0.3 is 0 Å². The molecule has 0 radical (unpaired) electrons. The summed E-state index contributed by atoms with van der Waals surface area (Å²) in [7, 11) is 1.68. The number of hydrogen-bond donors (Lipinski definition) is 1. The zero-order valence-corrected chi connectivity index (χ0v) is 10.0. The first-order valence-electron chi connectivity index (χ1n) is 4.80. The number of nitrogens with two attached hydrogens (primary N) is 1. The van der Waals surface area contributed by atoms with Gasteiger partial charge in [0, 0.05) is 23.9 Å². The predicted octanol–water partition coefficient (Wildman–Crippen LogP) is 2.43. The molecule has 1 aromatic heterocycles. The van der Waals surface area contributed by atoms with E-state index in [9.17, 15) is 0 Å². The van der Waals surface area contributed by atoms with Crippen molar-refractivity contribution in [1.82, 2.24) is 4.98 Å². The van der Waals surface area contributed by atoms with Crippen molar-refractivity contribution in [2.45, 2.75) is 39.3 Å². The van der Waals surface area contributed by atoms with Gasteiger partial charge in [0.15, 0.2) is 0 Å². The van der Waals surface area contributed by atoms with E-state index in [2.05, 4.69) is 18.8 Å². The van der Waals surface area contributed by atoms with E-state index in [1.807, 2.05) is 6.92 Å². The van der Waals surface area contributed by atoms with Crippen molar-refractivity contribution < 1.29 is 4.74 Å². The van der Waals surface area contributed by atoms with Crippen LogP contribution in [-0.2, 0) is 11.3 Å². The fourth-order valence-corrected chi connectivity index (χ4v) is 2.25. The normalized spacial score (nSPS) is 13.6. The quantitative estimate of drug-likeness (QED) is 0.837. The molecule has 80 valence electrons. The first-order chi connectivity index (χ1) is 6.56. The second-order valence-electron chi connectivity index (χ2n) is 3.74. The molecule has 0 saturated heterocycles. The minimum absolute atomic E-state index is 0.0464. The third-order valence-electron chi connectivity index (χ3n) is 1.93. The number of rotatable bonds is 4. The molecule has 0 saturated carbocycles. The molecule has 0 aliphatic rings. The van der Waals surface area contributed by atoms with Crippen molar-refractivity contribution in [3.63, 3.8) is 0 Å². The SMILES string of the molecule is COCc1nc(C(C)C)sc1C(C)N. The van der Waals surface area contributed by atoms with E-state index in [4.69, 9.17) is 10.5 Å². The Balaban J connectivity index is 2.99. The summed E-state index contributed by atoms with van der Waals surface area (Å²) in [5, 5.41) is 1.14. The molecule has 1 rings (SSSR count). The largest absolute Gasteiger partial charge is 0.378 e. The molecule has 1 atom stereocenters. The summed E-state index contributed by atoms with van der Waals surface area (Å²) < 4.78 is 5.10. The van der Waals surface area contributed by atoms with Gasteiger partial charge in [-0.25, -0.2) is 4.98 Å². The Bertz CT molecular complexity index is 294. The maximum atomic E-state index is 5.87. The van der Waals surface area contributed by atoms with Gasteiger partial charge in [0.25, 0.3) is 0 Å². The summed E-state index contributed by atoms with van der Waals surface area (Å²) in [4.78, 5) is 5.68. The van der Waals surface area contributed by atoms with Crippen LogP contribution in [0.2, 0.25) is 0 Å². The molecule has 1 unspecified atom stereocenters. The maximum absolute atomic E-state index is 5.87. The van der Waals surface area contributed by atoms with Gasteiger partial charge in [-0.2, -0.15) is 0 Å². The lowest BCUT2D eigenvalue weighted by molar-refractivity contribution is 0.181. The Morgan fingerprint density at radius 3 is 2.50 bits per heavy atom. The second kappa shape index (κ2) is 4.87. The van der Waals surface area contributed by atoms with Crippen molar-refractivity contribution in [2.75, 3.05) is 7.11 Å². The Morgan fingerprint density at radius 2 is 2.07 bits per heavy atom. The molecule has 1 heterocycles. The van der Waals surface area contributed by atoms with Crippen LogP contribution in [0.1, 0.15) is 48.3 Å². The van der Waals surface area contributed by atoms with E-state index in [0.29, 0.717) is 12.5 Å². The van der Waals surface area contributed by atoms with Gasteiger partial charge in [-0.3, -0.25) is 0 Å². The van der Waals surface area contributed by atoms with Crippen molar-refractivity contribution in [3.05, 3.63) is 15.6 Å². The molecular weight excluding hydrogens is 196 g/mol. The second-order valence-corrected chi connectivity index (χ2v) is 4.80. The van der Waals surface area contributed by atoms with Crippen LogP contribution in [0, 0.1) is 0 Å². The Morgan fingerprint density at radius 1 is 1.43 bits per heavy atom. The zero-order valence-electron chi connectivity index (χ0n) is 9.20. The van der Waals surface area contributed by atoms with Crippen LogP contribution >= 0.6 is 11.3 Å². The molecule has 2 N–H and O–H groups in total. The highest BCUT2D eigenvalue weighted by atomic mass is 32.1. The van der Waals surface area contributed by atoms with E-state index in [-0.39, 0.29) is 6.04 Å². The van der Waals surface area contributed by atoms with Crippen LogP contribution in [-0.4, -0.2) is 12.1 Å². The number of hydrogen-bond acceptors (Lipinski definition) is 4. The summed E-state index contributed by atoms with van der Waals surface area (Å²) in [5.74, 6) is 0.461. The topological polar surface area (TPSA) is 48.1 Å². The molecule has 0 amide bonds. The minimum atomic E-state index is 0.0464. The number of methoxy groups -OCH3 is 1. The third kappa shape index (κ3) is 2.53. The predicted molar refractivity (Wildman–Crippen MR) is 59.5 cm³/mol. The molecule has 0 aromatic carbocycles. The van der Waals surface area contributed by atoms with E-state index < -0.39 is 0 Å². The zero-order chi connectivity index (χ0) is 10.7. The van der Waals surface area contributed by atoms with E-state index in [0.717, 1.165) is 15.6 Å². The fourth-order valence-electron chi connectivity index (χ4n) is 1.23. The van der Waals surface area contributed by atoms with Crippen molar-refractivity contribution >= 4 is 11.3 Å². The molecule has 1 aromatic rings. The Labute approximate surface area is 89.3 Å². The van der Waals surface area contributed by atoms with Crippen LogP contribution < -0.4 is 5.73 Å². The van der Waals surface area contributed by atoms with Crippen LogP contribution in [0.3, 0.4) is 0 Å². The number of thiazole rings is 1. The summed E-state index contributed by atoms with van der Waals surface area (Å²) >= 11 is 1.70. The summed E-state index contributed by atoms with van der Waals surface area (Å²) in [6, 6.07) is 0.0464. The lowest BCUT2D eigenvalue weighted by Crippen LogP contribution is -2.06. The van der Waals surface area contributed by atoms with Gasteiger partial charge in [0.05, 0.1) is 17.3 Å². The van der Waals surface area contributed by atoms with Crippen LogP contribution in [0.25, 0.3) is 0 Å². The molecular formula is C10H18N2OS. The maximum Gasteiger partial charge on any atom is 0.0958 e. The van der Waals surface area contributed by atoms with Gasteiger partial charge in [-0.05, 0) is 6.92 Å². The number of nitrogens with zero attached hydrogens (tertiary/aromatic N) is 1. The van der Waals surface area contributed by atoms with Gasteiger partial charge in [0.2, 0.25) is 0 Å². The Hall–Kier alpha value is -0.450. The molecule has 0 aliphatic carbocycles. The monoisotopic (exact) mass is 214 g/mol. The number of ether oxygens (including phenoxy) is 1. The summed E-state index contributed by atoms with van der Waals surface area (Å²) in [6.45, 7) is 6.82. The van der Waals surface area contributed by atoms with Gasteiger partial charge in [-0.15, -0.1) is 11.3 Å². The smallest absolute Gasteiger partial charge is 0.0958 e. The lowest BCUT2D eigenvalue weighted by atomic mass is 10.2. The molecule has 14 heavy (non-hydrogen) atoms. The molecule has 0 fully saturated rings. The third-order valence-corrected chi connectivity index (χ3v) is 3.53. The van der Waals surface area contributed by atoms with Crippen molar-refractivity contribution in [1.29, 1.82) is 0 Å². The molecule has 3 nitrogen and oxygen atoms in total. The highest BCUT2D eigenvalue weighted by molar-refractivity contribution is 7.11. The standard InChI is InChI=1S/C10H18N2OS/c1-6(2)10-12-8(5-13-4)9(14-10)7(3)11/h6-7H,5,11H2,1-4H3. The summed E-state index contributed by atoms with van der Waals surface area (Å²) in [5.41, 5.74) is 6.87. The van der Waals surface area contributed by atoms with E-state index >= 15 is 0 Å². The van der Waals surface area contributed by atoms with Crippen LogP contribution in [0.5, 0.6) is 0 Å². The average molecular weight is 214 g/mol.